The fourth-order valence-corrected chi connectivity index (χ4v) is 4.06. The van der Waals surface area contributed by atoms with Gasteiger partial charge in [-0.1, -0.05) is 0 Å². The Morgan fingerprint density at radius 2 is 1.45 bits per heavy atom. The van der Waals surface area contributed by atoms with Crippen LogP contribution in [0, 0.1) is 0 Å². The van der Waals surface area contributed by atoms with Gasteiger partial charge in [0, 0.05) is 57.4 Å². The van der Waals surface area contributed by atoms with Crippen molar-refractivity contribution in [2.24, 2.45) is 0 Å². The van der Waals surface area contributed by atoms with Crippen molar-refractivity contribution in [3.05, 3.63) is 0 Å². The summed E-state index contributed by atoms with van der Waals surface area (Å²) in [5.74, 6) is 0. The lowest BCUT2D eigenvalue weighted by Gasteiger charge is -2.47. The number of rotatable bonds is 4. The first-order valence-corrected chi connectivity index (χ1v) is 8.34. The Morgan fingerprint density at radius 1 is 0.900 bits per heavy atom. The Hall–Kier alpha value is -0.160. The van der Waals surface area contributed by atoms with Gasteiger partial charge >= 0.3 is 0 Å². The van der Waals surface area contributed by atoms with E-state index in [2.05, 4.69) is 54.5 Å². The SMILES string of the molecule is CC(CCN1CCN(C)CC1)N1[C@H](C)CN(C)C[C@@H]1C. The highest BCUT2D eigenvalue weighted by Crippen LogP contribution is 2.20. The lowest BCUT2D eigenvalue weighted by molar-refractivity contribution is 0.0149. The Balaban J connectivity index is 1.77. The predicted molar refractivity (Wildman–Crippen MR) is 86.3 cm³/mol. The highest BCUT2D eigenvalue weighted by atomic mass is 15.3. The average molecular weight is 282 g/mol. The first-order valence-electron chi connectivity index (χ1n) is 8.34. The summed E-state index contributed by atoms with van der Waals surface area (Å²) in [6.45, 7) is 15.8. The summed E-state index contributed by atoms with van der Waals surface area (Å²) in [5.41, 5.74) is 0. The maximum Gasteiger partial charge on any atom is 0.0200 e. The molecule has 0 bridgehead atoms. The fourth-order valence-electron chi connectivity index (χ4n) is 4.06. The molecular formula is C16H34N4. The second-order valence-corrected chi connectivity index (χ2v) is 7.15. The van der Waals surface area contributed by atoms with Crippen molar-refractivity contribution in [2.45, 2.75) is 45.3 Å². The van der Waals surface area contributed by atoms with Crippen LogP contribution in [0.2, 0.25) is 0 Å². The molecule has 0 aliphatic carbocycles. The van der Waals surface area contributed by atoms with Crippen molar-refractivity contribution in [3.63, 3.8) is 0 Å². The van der Waals surface area contributed by atoms with Crippen LogP contribution in [0.15, 0.2) is 0 Å². The molecule has 118 valence electrons. The maximum absolute atomic E-state index is 2.75. The van der Waals surface area contributed by atoms with E-state index in [1.54, 1.807) is 0 Å². The lowest BCUT2D eigenvalue weighted by Crippen LogP contribution is -2.58. The Kier molecular flexibility index (Phi) is 5.84. The van der Waals surface area contributed by atoms with Crippen molar-refractivity contribution in [1.82, 2.24) is 19.6 Å². The van der Waals surface area contributed by atoms with Gasteiger partial charge in [0.2, 0.25) is 0 Å². The molecule has 1 unspecified atom stereocenters. The third-order valence-corrected chi connectivity index (χ3v) is 5.14. The van der Waals surface area contributed by atoms with Gasteiger partial charge in [-0.25, -0.2) is 0 Å². The van der Waals surface area contributed by atoms with Gasteiger partial charge in [0.25, 0.3) is 0 Å². The van der Waals surface area contributed by atoms with Gasteiger partial charge in [-0.15, -0.1) is 0 Å². The maximum atomic E-state index is 2.75. The van der Waals surface area contributed by atoms with E-state index in [4.69, 9.17) is 0 Å². The molecule has 2 aliphatic rings. The molecule has 0 amide bonds. The number of piperazine rings is 2. The molecule has 0 aromatic carbocycles. The Bertz CT molecular complexity index is 276. The molecule has 2 rings (SSSR count). The van der Waals surface area contributed by atoms with Gasteiger partial charge in [0.05, 0.1) is 0 Å². The predicted octanol–water partition coefficient (Wildman–Crippen LogP) is 1.04. The van der Waals surface area contributed by atoms with Gasteiger partial charge in [-0.05, 0) is 47.8 Å². The van der Waals surface area contributed by atoms with Crippen LogP contribution in [0.1, 0.15) is 27.2 Å². The first kappa shape index (κ1) is 16.2. The zero-order valence-electron chi connectivity index (χ0n) is 14.2. The quantitative estimate of drug-likeness (QED) is 0.764. The van der Waals surface area contributed by atoms with E-state index in [1.807, 2.05) is 0 Å². The van der Waals surface area contributed by atoms with E-state index < -0.39 is 0 Å². The molecule has 0 radical (unpaired) electrons. The zero-order chi connectivity index (χ0) is 14.7. The zero-order valence-corrected chi connectivity index (χ0v) is 14.2. The summed E-state index contributed by atoms with van der Waals surface area (Å²) in [7, 11) is 4.48. The minimum Gasteiger partial charge on any atom is -0.304 e. The summed E-state index contributed by atoms with van der Waals surface area (Å²) in [6.07, 6.45) is 1.31. The van der Waals surface area contributed by atoms with Crippen LogP contribution in [0.3, 0.4) is 0 Å². The summed E-state index contributed by atoms with van der Waals surface area (Å²) in [4.78, 5) is 10.3. The summed E-state index contributed by atoms with van der Waals surface area (Å²) < 4.78 is 0. The van der Waals surface area contributed by atoms with E-state index in [-0.39, 0.29) is 0 Å². The normalized spacial score (nSPS) is 33.5. The number of hydrogen-bond acceptors (Lipinski definition) is 4. The molecule has 20 heavy (non-hydrogen) atoms. The number of likely N-dealkylation sites (N-methyl/N-ethyl adjacent to an activating group) is 2. The van der Waals surface area contributed by atoms with Crippen LogP contribution in [0.25, 0.3) is 0 Å². The first-order chi connectivity index (χ1) is 9.47. The topological polar surface area (TPSA) is 13.0 Å². The van der Waals surface area contributed by atoms with Crippen LogP contribution >= 0.6 is 0 Å². The van der Waals surface area contributed by atoms with Gasteiger partial charge in [-0.3, -0.25) is 4.90 Å². The van der Waals surface area contributed by atoms with Crippen molar-refractivity contribution in [1.29, 1.82) is 0 Å². The van der Waals surface area contributed by atoms with Crippen LogP contribution in [0.5, 0.6) is 0 Å². The molecule has 4 nitrogen and oxygen atoms in total. The minimum absolute atomic E-state index is 0.686. The minimum atomic E-state index is 0.686. The molecule has 2 fully saturated rings. The highest BCUT2D eigenvalue weighted by molar-refractivity contribution is 4.87. The molecule has 0 spiro atoms. The number of nitrogens with zero attached hydrogens (tertiary/aromatic N) is 4. The van der Waals surface area contributed by atoms with Gasteiger partial charge in [-0.2, -0.15) is 0 Å². The molecule has 0 N–H and O–H groups in total. The lowest BCUT2D eigenvalue weighted by atomic mass is 10.0. The van der Waals surface area contributed by atoms with E-state index in [0.29, 0.717) is 18.1 Å². The van der Waals surface area contributed by atoms with E-state index >= 15 is 0 Å². The van der Waals surface area contributed by atoms with Crippen LogP contribution in [-0.2, 0) is 0 Å². The van der Waals surface area contributed by atoms with E-state index in [1.165, 1.54) is 52.2 Å². The monoisotopic (exact) mass is 282 g/mol. The molecule has 0 saturated carbocycles. The number of hydrogen-bond donors (Lipinski definition) is 0. The molecular weight excluding hydrogens is 248 g/mol. The Morgan fingerprint density at radius 3 is 2.00 bits per heavy atom. The van der Waals surface area contributed by atoms with Gasteiger partial charge < -0.3 is 14.7 Å². The molecule has 3 atom stereocenters. The second kappa shape index (κ2) is 7.21. The van der Waals surface area contributed by atoms with Crippen LogP contribution in [-0.4, -0.2) is 97.6 Å². The molecule has 2 aliphatic heterocycles. The highest BCUT2D eigenvalue weighted by Gasteiger charge is 2.31. The van der Waals surface area contributed by atoms with Gasteiger partial charge in [0.1, 0.15) is 0 Å². The largest absolute Gasteiger partial charge is 0.304 e. The summed E-state index contributed by atoms with van der Waals surface area (Å²) >= 11 is 0. The second-order valence-electron chi connectivity index (χ2n) is 7.15. The van der Waals surface area contributed by atoms with Crippen LogP contribution in [0.4, 0.5) is 0 Å². The van der Waals surface area contributed by atoms with Crippen molar-refractivity contribution < 1.29 is 0 Å². The van der Waals surface area contributed by atoms with Crippen molar-refractivity contribution in [2.75, 3.05) is 59.9 Å². The molecule has 2 heterocycles. The van der Waals surface area contributed by atoms with E-state index in [9.17, 15) is 0 Å². The third-order valence-electron chi connectivity index (χ3n) is 5.14. The third kappa shape index (κ3) is 4.17. The van der Waals surface area contributed by atoms with Crippen molar-refractivity contribution in [3.8, 4) is 0 Å². The molecule has 2 saturated heterocycles. The summed E-state index contributed by atoms with van der Waals surface area (Å²) in [6, 6.07) is 2.07. The van der Waals surface area contributed by atoms with E-state index in [0.717, 1.165) is 0 Å². The van der Waals surface area contributed by atoms with Gasteiger partial charge in [0.15, 0.2) is 0 Å². The summed E-state index contributed by atoms with van der Waals surface area (Å²) in [5, 5.41) is 0. The smallest absolute Gasteiger partial charge is 0.0200 e. The molecule has 0 aromatic rings. The molecule has 0 aromatic heterocycles. The van der Waals surface area contributed by atoms with Crippen LogP contribution < -0.4 is 0 Å². The fraction of sp³-hybridized carbons (Fsp3) is 1.00. The van der Waals surface area contributed by atoms with Crippen molar-refractivity contribution >= 4 is 0 Å². The average Bonchev–Trinajstić information content (AvgIpc) is 2.37. The molecule has 4 heteroatoms. The Labute approximate surface area is 125 Å². The standard InChI is InChI=1S/C16H34N4/c1-14(6-7-19-10-8-17(4)9-11-19)20-15(2)12-18(5)13-16(20)3/h14-16H,6-13H2,1-5H3/t14?,15-,16+.